The molecule has 2 aromatic carbocycles. The number of aromatic nitrogens is 2. The van der Waals surface area contributed by atoms with Crippen molar-refractivity contribution in [3.05, 3.63) is 71.3 Å². The van der Waals surface area contributed by atoms with Crippen LogP contribution in [0.15, 0.2) is 53.9 Å². The number of rotatable bonds is 5. The lowest BCUT2D eigenvalue weighted by atomic mass is 10.1. The maximum Gasteiger partial charge on any atom is 0.234 e. The lowest BCUT2D eigenvalue weighted by Gasteiger charge is -2.10. The van der Waals surface area contributed by atoms with Crippen molar-refractivity contribution < 1.29 is 9.18 Å². The van der Waals surface area contributed by atoms with Gasteiger partial charge in [0.2, 0.25) is 5.91 Å². The van der Waals surface area contributed by atoms with Crippen molar-refractivity contribution in [3.63, 3.8) is 0 Å². The fourth-order valence-electron chi connectivity index (χ4n) is 2.73. The van der Waals surface area contributed by atoms with Gasteiger partial charge in [-0.3, -0.25) is 9.36 Å². The molecule has 0 bridgehead atoms. The van der Waals surface area contributed by atoms with E-state index in [0.29, 0.717) is 0 Å². The predicted octanol–water partition coefficient (Wildman–Crippen LogP) is 4.67. The number of thioether (sulfide) groups is 1. The fraction of sp³-hybridized carbons (Fsp3) is 0.200. The zero-order valence-corrected chi connectivity index (χ0v) is 15.7. The lowest BCUT2D eigenvalue weighted by Crippen LogP contribution is -2.15. The molecule has 1 heterocycles. The number of hydrogen-bond donors (Lipinski definition) is 1. The summed E-state index contributed by atoms with van der Waals surface area (Å²) in [4.78, 5) is 16.5. The van der Waals surface area contributed by atoms with Gasteiger partial charge in [-0.05, 0) is 61.7 Å². The number of halogens is 1. The molecule has 0 atom stereocenters. The molecule has 0 saturated heterocycles. The minimum Gasteiger partial charge on any atom is -0.323 e. The highest BCUT2D eigenvalue weighted by molar-refractivity contribution is 7.99. The minimum absolute atomic E-state index is 0.148. The number of amides is 1. The number of nitrogens with one attached hydrogen (secondary N) is 1. The second-order valence-corrected chi connectivity index (χ2v) is 7.19. The highest BCUT2D eigenvalue weighted by Gasteiger charge is 2.11. The Morgan fingerprint density at radius 2 is 1.85 bits per heavy atom. The van der Waals surface area contributed by atoms with E-state index < -0.39 is 5.82 Å². The summed E-state index contributed by atoms with van der Waals surface area (Å²) in [5, 5.41) is 3.34. The first-order valence-electron chi connectivity index (χ1n) is 8.23. The molecule has 0 aliphatic heterocycles. The molecular weight excluding hydrogens is 349 g/mol. The number of aryl methyl sites for hydroxylation is 3. The summed E-state index contributed by atoms with van der Waals surface area (Å²) in [7, 11) is 0. The molecule has 0 aliphatic rings. The quantitative estimate of drug-likeness (QED) is 0.665. The van der Waals surface area contributed by atoms with Gasteiger partial charge in [-0.2, -0.15) is 0 Å². The molecule has 6 heteroatoms. The summed E-state index contributed by atoms with van der Waals surface area (Å²) in [6.07, 6.45) is 3.58. The molecule has 0 aliphatic carbocycles. The molecule has 4 nitrogen and oxygen atoms in total. The largest absolute Gasteiger partial charge is 0.323 e. The Balaban J connectivity index is 1.70. The van der Waals surface area contributed by atoms with Crippen molar-refractivity contribution in [2.24, 2.45) is 0 Å². The molecule has 0 fully saturated rings. The van der Waals surface area contributed by atoms with Crippen LogP contribution in [0.3, 0.4) is 0 Å². The van der Waals surface area contributed by atoms with E-state index in [0.717, 1.165) is 27.5 Å². The molecular formula is C20H20FN3OS. The van der Waals surface area contributed by atoms with Crippen LogP contribution in [0.1, 0.15) is 16.7 Å². The molecule has 1 amide bonds. The summed E-state index contributed by atoms with van der Waals surface area (Å²) in [5.41, 5.74) is 4.43. The predicted molar refractivity (Wildman–Crippen MR) is 104 cm³/mol. The van der Waals surface area contributed by atoms with Crippen LogP contribution in [-0.2, 0) is 4.79 Å². The van der Waals surface area contributed by atoms with Crippen LogP contribution in [0.2, 0.25) is 0 Å². The number of anilines is 1. The third-order valence-corrected chi connectivity index (χ3v) is 4.79. The van der Waals surface area contributed by atoms with Crippen LogP contribution in [-0.4, -0.2) is 21.2 Å². The lowest BCUT2D eigenvalue weighted by molar-refractivity contribution is -0.113. The monoisotopic (exact) mass is 369 g/mol. The first-order valence-corrected chi connectivity index (χ1v) is 9.22. The van der Waals surface area contributed by atoms with Crippen LogP contribution < -0.4 is 5.32 Å². The van der Waals surface area contributed by atoms with Crippen LogP contribution >= 0.6 is 11.8 Å². The maximum absolute atomic E-state index is 13.8. The van der Waals surface area contributed by atoms with Crippen molar-refractivity contribution in [2.45, 2.75) is 25.9 Å². The van der Waals surface area contributed by atoms with Gasteiger partial charge in [-0.1, -0.05) is 23.9 Å². The standard InChI is InChI=1S/C20H20FN3OS/c1-13-4-5-17(21)18(11-13)23-19(25)12-26-20-22-6-7-24(20)16-9-14(2)8-15(3)10-16/h4-11H,12H2,1-3H3,(H,23,25). The van der Waals surface area contributed by atoms with Crippen molar-refractivity contribution in [2.75, 3.05) is 11.1 Å². The van der Waals surface area contributed by atoms with Gasteiger partial charge in [0.1, 0.15) is 5.82 Å². The molecule has 1 N–H and O–H groups in total. The van der Waals surface area contributed by atoms with E-state index in [9.17, 15) is 9.18 Å². The maximum atomic E-state index is 13.8. The molecule has 134 valence electrons. The van der Waals surface area contributed by atoms with Gasteiger partial charge in [0, 0.05) is 18.1 Å². The van der Waals surface area contributed by atoms with Crippen molar-refractivity contribution in [3.8, 4) is 5.69 Å². The van der Waals surface area contributed by atoms with Gasteiger partial charge in [-0.15, -0.1) is 0 Å². The van der Waals surface area contributed by atoms with Gasteiger partial charge in [0.05, 0.1) is 11.4 Å². The fourth-order valence-corrected chi connectivity index (χ4v) is 3.51. The smallest absolute Gasteiger partial charge is 0.234 e. The Bertz CT molecular complexity index is 932. The SMILES string of the molecule is Cc1cc(C)cc(-n2ccnc2SCC(=O)Nc2cc(C)ccc2F)c1. The average Bonchev–Trinajstić information content (AvgIpc) is 3.04. The molecule has 26 heavy (non-hydrogen) atoms. The Morgan fingerprint density at radius 1 is 1.12 bits per heavy atom. The highest BCUT2D eigenvalue weighted by Crippen LogP contribution is 2.23. The molecule has 1 aromatic heterocycles. The van der Waals surface area contributed by atoms with Gasteiger partial charge in [0.25, 0.3) is 0 Å². The van der Waals surface area contributed by atoms with E-state index in [1.54, 1.807) is 18.3 Å². The topological polar surface area (TPSA) is 46.9 Å². The number of hydrogen-bond acceptors (Lipinski definition) is 3. The summed E-state index contributed by atoms with van der Waals surface area (Å²) in [6, 6.07) is 10.9. The molecule has 3 rings (SSSR count). The van der Waals surface area contributed by atoms with Gasteiger partial charge in [-0.25, -0.2) is 9.37 Å². The van der Waals surface area contributed by atoms with Gasteiger partial charge >= 0.3 is 0 Å². The molecule has 0 unspecified atom stereocenters. The molecule has 0 radical (unpaired) electrons. The number of benzene rings is 2. The Hall–Kier alpha value is -2.60. The highest BCUT2D eigenvalue weighted by atomic mass is 32.2. The summed E-state index contributed by atoms with van der Waals surface area (Å²) < 4.78 is 15.7. The van der Waals surface area contributed by atoms with Crippen LogP contribution in [0.5, 0.6) is 0 Å². The number of imidazole rings is 1. The zero-order chi connectivity index (χ0) is 18.7. The molecule has 0 spiro atoms. The van der Waals surface area contributed by atoms with Crippen molar-refractivity contribution in [1.82, 2.24) is 9.55 Å². The number of carbonyl (C=O) groups excluding carboxylic acids is 1. The van der Waals surface area contributed by atoms with Crippen LogP contribution in [0, 0.1) is 26.6 Å². The third-order valence-electron chi connectivity index (χ3n) is 3.82. The molecule has 0 saturated carbocycles. The van der Waals surface area contributed by atoms with Crippen molar-refractivity contribution >= 4 is 23.4 Å². The summed E-state index contributed by atoms with van der Waals surface area (Å²) in [6.45, 7) is 5.94. The van der Waals surface area contributed by atoms with E-state index in [-0.39, 0.29) is 17.3 Å². The van der Waals surface area contributed by atoms with E-state index in [1.807, 2.05) is 31.5 Å². The Labute approximate surface area is 156 Å². The second-order valence-electron chi connectivity index (χ2n) is 6.25. The first-order chi connectivity index (χ1) is 12.4. The Morgan fingerprint density at radius 3 is 2.58 bits per heavy atom. The summed E-state index contributed by atoms with van der Waals surface area (Å²) in [5.74, 6) is -0.560. The van der Waals surface area contributed by atoms with Crippen molar-refractivity contribution in [1.29, 1.82) is 0 Å². The number of nitrogens with zero attached hydrogens (tertiary/aromatic N) is 2. The minimum atomic E-state index is -0.439. The van der Waals surface area contributed by atoms with Crippen LogP contribution in [0.4, 0.5) is 10.1 Å². The van der Waals surface area contributed by atoms with E-state index in [1.165, 1.54) is 17.8 Å². The second kappa shape index (κ2) is 7.74. The number of carbonyl (C=O) groups is 1. The van der Waals surface area contributed by atoms with Gasteiger partial charge in [0.15, 0.2) is 5.16 Å². The van der Waals surface area contributed by atoms with Crippen LogP contribution in [0.25, 0.3) is 5.69 Å². The van der Waals surface area contributed by atoms with E-state index >= 15 is 0 Å². The Kier molecular flexibility index (Phi) is 5.42. The molecule has 3 aromatic rings. The van der Waals surface area contributed by atoms with Gasteiger partial charge < -0.3 is 5.32 Å². The summed E-state index contributed by atoms with van der Waals surface area (Å²) >= 11 is 1.32. The van der Waals surface area contributed by atoms with E-state index in [4.69, 9.17) is 0 Å². The third kappa shape index (κ3) is 4.32. The zero-order valence-electron chi connectivity index (χ0n) is 14.9. The normalized spacial score (nSPS) is 10.8. The average molecular weight is 369 g/mol. The first kappa shape index (κ1) is 18.2. The van der Waals surface area contributed by atoms with E-state index in [2.05, 4.69) is 28.5 Å².